The lowest BCUT2D eigenvalue weighted by molar-refractivity contribution is -0.112. The number of hydrogen-bond donors (Lipinski definition) is 0. The van der Waals surface area contributed by atoms with Crippen molar-refractivity contribution in [3.63, 3.8) is 0 Å². The fraction of sp³-hybridized carbons (Fsp3) is 0.250. The molecule has 0 spiro atoms. The minimum Gasteiger partial charge on any atom is -0.295 e. The lowest BCUT2D eigenvalue weighted by atomic mass is 10.1. The highest BCUT2D eigenvalue weighted by Gasteiger charge is 2.14. The SMILES string of the molecule is CC(=O)/C=C1\CCc2ccccc21. The predicted molar refractivity (Wildman–Crippen MR) is 53.4 cm³/mol. The zero-order valence-electron chi connectivity index (χ0n) is 7.71. The second-order valence-electron chi connectivity index (χ2n) is 3.44. The van der Waals surface area contributed by atoms with Gasteiger partial charge in [0.1, 0.15) is 0 Å². The van der Waals surface area contributed by atoms with Crippen molar-refractivity contribution >= 4 is 11.4 Å². The summed E-state index contributed by atoms with van der Waals surface area (Å²) in [7, 11) is 0. The number of carbonyl (C=O) groups is 1. The van der Waals surface area contributed by atoms with Crippen LogP contribution in [0.1, 0.15) is 24.5 Å². The van der Waals surface area contributed by atoms with Gasteiger partial charge in [0.25, 0.3) is 0 Å². The van der Waals surface area contributed by atoms with Crippen molar-refractivity contribution < 1.29 is 4.79 Å². The van der Waals surface area contributed by atoms with Crippen molar-refractivity contribution in [2.24, 2.45) is 0 Å². The first-order valence-corrected chi connectivity index (χ1v) is 4.57. The molecule has 0 aromatic heterocycles. The van der Waals surface area contributed by atoms with Gasteiger partial charge in [0.15, 0.2) is 5.78 Å². The first kappa shape index (κ1) is 8.24. The summed E-state index contributed by atoms with van der Waals surface area (Å²) < 4.78 is 0. The van der Waals surface area contributed by atoms with Gasteiger partial charge in [-0.1, -0.05) is 24.3 Å². The number of hydrogen-bond acceptors (Lipinski definition) is 1. The van der Waals surface area contributed by atoms with Crippen molar-refractivity contribution in [3.8, 4) is 0 Å². The molecule has 0 N–H and O–H groups in total. The number of allylic oxidation sites excluding steroid dienone is 2. The van der Waals surface area contributed by atoms with Crippen LogP contribution in [0.3, 0.4) is 0 Å². The Morgan fingerprint density at radius 1 is 1.31 bits per heavy atom. The van der Waals surface area contributed by atoms with Crippen LogP contribution < -0.4 is 0 Å². The third-order valence-corrected chi connectivity index (χ3v) is 2.40. The van der Waals surface area contributed by atoms with Crippen molar-refractivity contribution in [3.05, 3.63) is 41.5 Å². The number of fused-ring (bicyclic) bond motifs is 1. The summed E-state index contributed by atoms with van der Waals surface area (Å²) in [5, 5.41) is 0. The molecule has 0 atom stereocenters. The van der Waals surface area contributed by atoms with Crippen LogP contribution in [0.2, 0.25) is 0 Å². The van der Waals surface area contributed by atoms with Gasteiger partial charge in [0.2, 0.25) is 0 Å². The Labute approximate surface area is 78.1 Å². The quantitative estimate of drug-likeness (QED) is 0.595. The Kier molecular flexibility index (Phi) is 2.01. The maximum absolute atomic E-state index is 10.9. The lowest BCUT2D eigenvalue weighted by Gasteiger charge is -1.98. The summed E-state index contributed by atoms with van der Waals surface area (Å²) in [6.45, 7) is 1.61. The van der Waals surface area contributed by atoms with E-state index in [1.807, 2.05) is 6.07 Å². The number of rotatable bonds is 1. The van der Waals surface area contributed by atoms with Crippen LogP contribution >= 0.6 is 0 Å². The van der Waals surface area contributed by atoms with Gasteiger partial charge in [0.05, 0.1) is 0 Å². The van der Waals surface area contributed by atoms with Crippen molar-refractivity contribution in [2.75, 3.05) is 0 Å². The van der Waals surface area contributed by atoms with Crippen LogP contribution in [0.4, 0.5) is 0 Å². The number of benzene rings is 1. The second-order valence-corrected chi connectivity index (χ2v) is 3.44. The highest BCUT2D eigenvalue weighted by Crippen LogP contribution is 2.31. The topological polar surface area (TPSA) is 17.1 Å². The molecule has 0 aliphatic heterocycles. The highest BCUT2D eigenvalue weighted by atomic mass is 16.1. The van der Waals surface area contributed by atoms with Crippen molar-refractivity contribution in [2.45, 2.75) is 19.8 Å². The lowest BCUT2D eigenvalue weighted by Crippen LogP contribution is -1.85. The van der Waals surface area contributed by atoms with Crippen LogP contribution in [0.5, 0.6) is 0 Å². The van der Waals surface area contributed by atoms with Gasteiger partial charge in [-0.25, -0.2) is 0 Å². The molecule has 1 heteroatoms. The summed E-state index contributed by atoms with van der Waals surface area (Å²) in [4.78, 5) is 10.9. The summed E-state index contributed by atoms with van der Waals surface area (Å²) in [5.74, 6) is 0.145. The van der Waals surface area contributed by atoms with Crippen LogP contribution in [-0.2, 0) is 11.2 Å². The Bertz CT molecular complexity index is 374. The molecule has 0 unspecified atom stereocenters. The summed E-state index contributed by atoms with van der Waals surface area (Å²) >= 11 is 0. The van der Waals surface area contributed by atoms with Crippen LogP contribution in [0.15, 0.2) is 30.3 Å². The fourth-order valence-electron chi connectivity index (χ4n) is 1.85. The minimum absolute atomic E-state index is 0.145. The van der Waals surface area contributed by atoms with Crippen molar-refractivity contribution in [1.29, 1.82) is 0 Å². The fourth-order valence-corrected chi connectivity index (χ4v) is 1.85. The molecule has 0 heterocycles. The molecule has 66 valence electrons. The molecule has 1 aliphatic carbocycles. The molecule has 0 fully saturated rings. The maximum atomic E-state index is 10.9. The van der Waals surface area contributed by atoms with E-state index in [-0.39, 0.29) is 5.78 Å². The van der Waals surface area contributed by atoms with E-state index >= 15 is 0 Å². The molecule has 1 aromatic rings. The minimum atomic E-state index is 0.145. The van der Waals surface area contributed by atoms with E-state index in [1.54, 1.807) is 13.0 Å². The number of aryl methyl sites for hydroxylation is 1. The Morgan fingerprint density at radius 3 is 2.85 bits per heavy atom. The maximum Gasteiger partial charge on any atom is 0.152 e. The third kappa shape index (κ3) is 1.55. The number of ketones is 1. The van der Waals surface area contributed by atoms with E-state index in [4.69, 9.17) is 0 Å². The normalized spacial score (nSPS) is 17.5. The Balaban J connectivity index is 2.44. The molecule has 1 nitrogen and oxygen atoms in total. The van der Waals surface area contributed by atoms with Gasteiger partial charge in [-0.05, 0) is 42.5 Å². The molecule has 1 aliphatic rings. The van der Waals surface area contributed by atoms with E-state index in [1.165, 1.54) is 16.7 Å². The average Bonchev–Trinajstić information content (AvgIpc) is 2.48. The third-order valence-electron chi connectivity index (χ3n) is 2.40. The van der Waals surface area contributed by atoms with Crippen LogP contribution in [0.25, 0.3) is 5.57 Å². The van der Waals surface area contributed by atoms with E-state index in [2.05, 4.69) is 18.2 Å². The van der Waals surface area contributed by atoms with E-state index < -0.39 is 0 Å². The van der Waals surface area contributed by atoms with Gasteiger partial charge in [0, 0.05) is 0 Å². The highest BCUT2D eigenvalue weighted by molar-refractivity contribution is 5.96. The molecule has 0 bridgehead atoms. The van der Waals surface area contributed by atoms with Gasteiger partial charge >= 0.3 is 0 Å². The first-order valence-electron chi connectivity index (χ1n) is 4.57. The monoisotopic (exact) mass is 172 g/mol. The molecular formula is C12H12O. The predicted octanol–water partition coefficient (Wildman–Crippen LogP) is 2.61. The summed E-state index contributed by atoms with van der Waals surface area (Å²) in [5.41, 5.74) is 3.83. The van der Waals surface area contributed by atoms with E-state index in [0.717, 1.165) is 12.8 Å². The van der Waals surface area contributed by atoms with E-state index in [9.17, 15) is 4.79 Å². The summed E-state index contributed by atoms with van der Waals surface area (Å²) in [6.07, 6.45) is 3.85. The first-order chi connectivity index (χ1) is 6.27. The summed E-state index contributed by atoms with van der Waals surface area (Å²) in [6, 6.07) is 8.31. The van der Waals surface area contributed by atoms with Gasteiger partial charge < -0.3 is 0 Å². The molecule has 2 rings (SSSR count). The average molecular weight is 172 g/mol. The smallest absolute Gasteiger partial charge is 0.152 e. The molecule has 0 saturated carbocycles. The second kappa shape index (κ2) is 3.17. The standard InChI is InChI=1S/C12H12O/c1-9(13)8-11-7-6-10-4-2-3-5-12(10)11/h2-5,8H,6-7H2,1H3/b11-8+. The molecular weight excluding hydrogens is 160 g/mol. The van der Waals surface area contributed by atoms with Crippen LogP contribution in [-0.4, -0.2) is 5.78 Å². The van der Waals surface area contributed by atoms with Gasteiger partial charge in [-0.3, -0.25) is 4.79 Å². The molecule has 1 aromatic carbocycles. The Hall–Kier alpha value is -1.37. The molecule has 0 amide bonds. The zero-order valence-corrected chi connectivity index (χ0v) is 7.71. The molecule has 13 heavy (non-hydrogen) atoms. The van der Waals surface area contributed by atoms with Crippen molar-refractivity contribution in [1.82, 2.24) is 0 Å². The Morgan fingerprint density at radius 2 is 2.08 bits per heavy atom. The number of carbonyl (C=O) groups excluding carboxylic acids is 1. The van der Waals surface area contributed by atoms with Gasteiger partial charge in [-0.2, -0.15) is 0 Å². The molecule has 0 radical (unpaired) electrons. The molecule has 0 saturated heterocycles. The van der Waals surface area contributed by atoms with E-state index in [0.29, 0.717) is 0 Å². The van der Waals surface area contributed by atoms with Gasteiger partial charge in [-0.15, -0.1) is 0 Å². The largest absolute Gasteiger partial charge is 0.295 e. The zero-order chi connectivity index (χ0) is 9.26. The van der Waals surface area contributed by atoms with Crippen LogP contribution in [0, 0.1) is 0 Å².